The highest BCUT2D eigenvalue weighted by molar-refractivity contribution is 5.35. The Bertz CT molecular complexity index is 322. The fourth-order valence-electron chi connectivity index (χ4n) is 1.47. The average Bonchev–Trinajstić information content (AvgIpc) is 2.02. The molecule has 14 heavy (non-hydrogen) atoms. The summed E-state index contributed by atoms with van der Waals surface area (Å²) < 4.78 is 0. The van der Waals surface area contributed by atoms with Crippen molar-refractivity contribution >= 4 is 0 Å². The molecule has 0 atom stereocenters. The van der Waals surface area contributed by atoms with Crippen LogP contribution in [0.5, 0.6) is 0 Å². The molecule has 2 nitrogen and oxygen atoms in total. The van der Waals surface area contributed by atoms with E-state index >= 15 is 0 Å². The lowest BCUT2D eigenvalue weighted by molar-refractivity contribution is 0.587. The molecular formula is C12H20N2. The van der Waals surface area contributed by atoms with E-state index in [-0.39, 0.29) is 11.6 Å². The molecule has 0 spiro atoms. The predicted octanol–water partition coefficient (Wildman–Crippen LogP) is 2.21. The van der Waals surface area contributed by atoms with Gasteiger partial charge in [0.25, 0.3) is 0 Å². The highest BCUT2D eigenvalue weighted by Gasteiger charge is 2.15. The number of aryl methyl sites for hydroxylation is 1. The standard InChI is InChI=1S/C12H20N2/c1-8-5-6-9(12(2,3)4)7-10(8)11(13)14/h5-7,11H,13-14H2,1-4H3. The van der Waals surface area contributed by atoms with Crippen LogP contribution < -0.4 is 11.5 Å². The highest BCUT2D eigenvalue weighted by Crippen LogP contribution is 2.25. The van der Waals surface area contributed by atoms with Gasteiger partial charge < -0.3 is 11.5 Å². The van der Waals surface area contributed by atoms with E-state index in [9.17, 15) is 0 Å². The Labute approximate surface area is 86.3 Å². The molecule has 0 saturated heterocycles. The lowest BCUT2D eigenvalue weighted by Crippen LogP contribution is -2.22. The normalized spacial score (nSPS) is 12.2. The van der Waals surface area contributed by atoms with Gasteiger partial charge in [-0.15, -0.1) is 0 Å². The van der Waals surface area contributed by atoms with Crippen LogP contribution in [0.3, 0.4) is 0 Å². The Morgan fingerprint density at radius 3 is 2.14 bits per heavy atom. The van der Waals surface area contributed by atoms with Crippen LogP contribution in [0, 0.1) is 6.92 Å². The summed E-state index contributed by atoms with van der Waals surface area (Å²) in [6, 6.07) is 6.34. The maximum Gasteiger partial charge on any atom is 0.0787 e. The summed E-state index contributed by atoms with van der Waals surface area (Å²) in [4.78, 5) is 0. The van der Waals surface area contributed by atoms with Gasteiger partial charge in [-0.05, 0) is 29.0 Å². The number of hydrogen-bond acceptors (Lipinski definition) is 2. The quantitative estimate of drug-likeness (QED) is 0.670. The third-order valence-electron chi connectivity index (χ3n) is 2.50. The first-order valence-corrected chi connectivity index (χ1v) is 4.94. The second kappa shape index (κ2) is 3.71. The van der Waals surface area contributed by atoms with Crippen LogP contribution in [0.15, 0.2) is 18.2 Å². The molecule has 78 valence electrons. The van der Waals surface area contributed by atoms with Crippen molar-refractivity contribution in [2.45, 2.75) is 39.3 Å². The fourth-order valence-corrected chi connectivity index (χ4v) is 1.47. The molecule has 1 aromatic rings. The van der Waals surface area contributed by atoms with Gasteiger partial charge in [-0.2, -0.15) is 0 Å². The van der Waals surface area contributed by atoms with Gasteiger partial charge in [0.2, 0.25) is 0 Å². The fraction of sp³-hybridized carbons (Fsp3) is 0.500. The van der Waals surface area contributed by atoms with E-state index in [2.05, 4.69) is 39.0 Å². The van der Waals surface area contributed by atoms with Crippen molar-refractivity contribution in [3.05, 3.63) is 34.9 Å². The van der Waals surface area contributed by atoms with Crippen molar-refractivity contribution in [3.63, 3.8) is 0 Å². The summed E-state index contributed by atoms with van der Waals surface area (Å²) in [5, 5.41) is 0. The van der Waals surface area contributed by atoms with E-state index in [1.165, 1.54) is 5.56 Å². The number of nitrogens with two attached hydrogens (primary N) is 2. The van der Waals surface area contributed by atoms with Crippen LogP contribution in [0.1, 0.15) is 43.6 Å². The van der Waals surface area contributed by atoms with Gasteiger partial charge in [0.1, 0.15) is 0 Å². The number of rotatable bonds is 1. The van der Waals surface area contributed by atoms with Gasteiger partial charge in [0.05, 0.1) is 6.17 Å². The Kier molecular flexibility index (Phi) is 2.98. The van der Waals surface area contributed by atoms with E-state index in [4.69, 9.17) is 11.5 Å². The summed E-state index contributed by atoms with van der Waals surface area (Å²) in [5.74, 6) is 0. The number of benzene rings is 1. The first-order chi connectivity index (χ1) is 6.32. The highest BCUT2D eigenvalue weighted by atomic mass is 14.8. The van der Waals surface area contributed by atoms with Crippen molar-refractivity contribution in [1.29, 1.82) is 0 Å². The lowest BCUT2D eigenvalue weighted by atomic mass is 9.85. The zero-order valence-corrected chi connectivity index (χ0v) is 9.46. The van der Waals surface area contributed by atoms with Crippen LogP contribution in [0.4, 0.5) is 0 Å². The summed E-state index contributed by atoms with van der Waals surface area (Å²) in [6.07, 6.45) is -0.378. The molecule has 0 fully saturated rings. The third kappa shape index (κ3) is 2.34. The van der Waals surface area contributed by atoms with E-state index in [1.807, 2.05) is 6.92 Å². The van der Waals surface area contributed by atoms with E-state index < -0.39 is 0 Å². The molecule has 0 aliphatic heterocycles. The topological polar surface area (TPSA) is 52.0 Å². The Balaban J connectivity index is 3.20. The monoisotopic (exact) mass is 192 g/mol. The Morgan fingerprint density at radius 1 is 1.14 bits per heavy atom. The minimum Gasteiger partial charge on any atom is -0.312 e. The van der Waals surface area contributed by atoms with E-state index in [0.717, 1.165) is 11.1 Å². The SMILES string of the molecule is Cc1ccc(C(C)(C)C)cc1C(N)N. The van der Waals surface area contributed by atoms with Crippen molar-refractivity contribution in [2.75, 3.05) is 0 Å². The minimum atomic E-state index is -0.378. The lowest BCUT2D eigenvalue weighted by Gasteiger charge is -2.21. The molecule has 0 aliphatic carbocycles. The Morgan fingerprint density at radius 2 is 1.71 bits per heavy atom. The molecule has 0 amide bonds. The molecule has 0 heterocycles. The summed E-state index contributed by atoms with van der Waals surface area (Å²) in [6.45, 7) is 8.59. The second-order valence-electron chi connectivity index (χ2n) is 4.85. The molecule has 1 aromatic carbocycles. The first kappa shape index (κ1) is 11.2. The summed E-state index contributed by atoms with van der Waals surface area (Å²) >= 11 is 0. The average molecular weight is 192 g/mol. The zero-order valence-electron chi connectivity index (χ0n) is 9.46. The van der Waals surface area contributed by atoms with Crippen molar-refractivity contribution in [1.82, 2.24) is 0 Å². The van der Waals surface area contributed by atoms with E-state index in [1.54, 1.807) is 0 Å². The Hall–Kier alpha value is -0.860. The van der Waals surface area contributed by atoms with Crippen LogP contribution >= 0.6 is 0 Å². The van der Waals surface area contributed by atoms with Gasteiger partial charge in [-0.1, -0.05) is 39.0 Å². The van der Waals surface area contributed by atoms with Gasteiger partial charge in [-0.3, -0.25) is 0 Å². The number of hydrogen-bond donors (Lipinski definition) is 2. The van der Waals surface area contributed by atoms with Crippen LogP contribution in [0.2, 0.25) is 0 Å². The van der Waals surface area contributed by atoms with Crippen LogP contribution in [-0.2, 0) is 5.41 Å². The van der Waals surface area contributed by atoms with Crippen molar-refractivity contribution in [3.8, 4) is 0 Å². The molecule has 0 saturated carbocycles. The third-order valence-corrected chi connectivity index (χ3v) is 2.50. The van der Waals surface area contributed by atoms with Gasteiger partial charge in [-0.25, -0.2) is 0 Å². The molecule has 2 heteroatoms. The van der Waals surface area contributed by atoms with Crippen molar-refractivity contribution < 1.29 is 0 Å². The smallest absolute Gasteiger partial charge is 0.0787 e. The minimum absolute atomic E-state index is 0.150. The summed E-state index contributed by atoms with van der Waals surface area (Å²) in [7, 11) is 0. The molecule has 0 unspecified atom stereocenters. The second-order valence-corrected chi connectivity index (χ2v) is 4.85. The zero-order chi connectivity index (χ0) is 10.9. The van der Waals surface area contributed by atoms with Gasteiger partial charge in [0.15, 0.2) is 0 Å². The molecule has 1 rings (SSSR count). The van der Waals surface area contributed by atoms with Crippen LogP contribution in [-0.4, -0.2) is 0 Å². The van der Waals surface area contributed by atoms with E-state index in [0.29, 0.717) is 0 Å². The van der Waals surface area contributed by atoms with Crippen molar-refractivity contribution in [2.24, 2.45) is 11.5 Å². The molecule has 0 aromatic heterocycles. The maximum atomic E-state index is 5.70. The maximum absolute atomic E-state index is 5.70. The molecule has 0 aliphatic rings. The van der Waals surface area contributed by atoms with Crippen LogP contribution in [0.25, 0.3) is 0 Å². The predicted molar refractivity (Wildman–Crippen MR) is 61.0 cm³/mol. The molecule has 0 radical (unpaired) electrons. The van der Waals surface area contributed by atoms with Gasteiger partial charge >= 0.3 is 0 Å². The summed E-state index contributed by atoms with van der Waals surface area (Å²) in [5.41, 5.74) is 15.0. The first-order valence-electron chi connectivity index (χ1n) is 4.94. The van der Waals surface area contributed by atoms with Gasteiger partial charge in [0, 0.05) is 0 Å². The molecular weight excluding hydrogens is 172 g/mol. The molecule has 4 N–H and O–H groups in total. The molecule has 0 bridgehead atoms. The largest absolute Gasteiger partial charge is 0.312 e.